The molecule has 0 bridgehead atoms. The standard InChI is InChI=1S/C9H21BO3/c1-5-8(4)9(6-2,7-3)13-10(11)12/h8,11-12H,5-7H2,1-4H3. The number of rotatable bonds is 6. The van der Waals surface area contributed by atoms with Gasteiger partial charge < -0.3 is 14.7 Å². The summed E-state index contributed by atoms with van der Waals surface area (Å²) in [6.45, 7) is 8.18. The Labute approximate surface area is 81.3 Å². The summed E-state index contributed by atoms with van der Waals surface area (Å²) in [5.41, 5.74) is -0.386. The lowest BCUT2D eigenvalue weighted by molar-refractivity contribution is -0.0315. The van der Waals surface area contributed by atoms with Gasteiger partial charge in [0.2, 0.25) is 0 Å². The van der Waals surface area contributed by atoms with Crippen LogP contribution in [0.15, 0.2) is 0 Å². The van der Waals surface area contributed by atoms with Gasteiger partial charge in [-0.1, -0.05) is 34.1 Å². The molecule has 0 rings (SSSR count). The van der Waals surface area contributed by atoms with Gasteiger partial charge in [-0.15, -0.1) is 0 Å². The third kappa shape index (κ3) is 3.29. The molecule has 3 nitrogen and oxygen atoms in total. The van der Waals surface area contributed by atoms with E-state index >= 15 is 0 Å². The Morgan fingerprint density at radius 3 is 1.92 bits per heavy atom. The first-order chi connectivity index (χ1) is 6.02. The minimum atomic E-state index is -1.66. The van der Waals surface area contributed by atoms with Gasteiger partial charge in [0.15, 0.2) is 0 Å². The van der Waals surface area contributed by atoms with Crippen molar-refractivity contribution in [2.75, 3.05) is 0 Å². The van der Waals surface area contributed by atoms with Crippen molar-refractivity contribution in [3.05, 3.63) is 0 Å². The third-order valence-corrected chi connectivity index (χ3v) is 3.05. The maximum absolute atomic E-state index is 8.83. The van der Waals surface area contributed by atoms with Gasteiger partial charge in [-0.2, -0.15) is 0 Å². The molecular formula is C9H21BO3. The fourth-order valence-corrected chi connectivity index (χ4v) is 1.81. The lowest BCUT2D eigenvalue weighted by Gasteiger charge is -2.37. The molecule has 2 N–H and O–H groups in total. The Balaban J connectivity index is 4.48. The minimum absolute atomic E-state index is 0.337. The van der Waals surface area contributed by atoms with E-state index in [4.69, 9.17) is 14.7 Å². The molecule has 0 heterocycles. The molecule has 1 atom stereocenters. The van der Waals surface area contributed by atoms with Crippen LogP contribution >= 0.6 is 0 Å². The van der Waals surface area contributed by atoms with E-state index in [9.17, 15) is 0 Å². The summed E-state index contributed by atoms with van der Waals surface area (Å²) in [4.78, 5) is 0. The summed E-state index contributed by atoms with van der Waals surface area (Å²) in [5, 5.41) is 17.7. The number of hydrogen-bond donors (Lipinski definition) is 2. The molecule has 0 saturated heterocycles. The zero-order valence-corrected chi connectivity index (χ0v) is 9.08. The van der Waals surface area contributed by atoms with Crippen LogP contribution in [0.3, 0.4) is 0 Å². The first-order valence-electron chi connectivity index (χ1n) is 5.06. The fraction of sp³-hybridized carbons (Fsp3) is 1.00. The van der Waals surface area contributed by atoms with E-state index in [1.54, 1.807) is 0 Å². The second kappa shape index (κ2) is 5.63. The lowest BCUT2D eigenvalue weighted by atomic mass is 9.81. The fourth-order valence-electron chi connectivity index (χ4n) is 1.81. The molecule has 1 unspecified atom stereocenters. The smallest absolute Gasteiger partial charge is 0.402 e. The van der Waals surface area contributed by atoms with E-state index in [-0.39, 0.29) is 5.60 Å². The van der Waals surface area contributed by atoms with Gasteiger partial charge in [-0.05, 0) is 18.8 Å². The molecule has 0 aromatic heterocycles. The molecule has 0 aliphatic carbocycles. The molecule has 0 fully saturated rings. The van der Waals surface area contributed by atoms with Crippen LogP contribution in [0.25, 0.3) is 0 Å². The predicted octanol–water partition coefficient (Wildman–Crippen LogP) is 1.58. The summed E-state index contributed by atoms with van der Waals surface area (Å²) >= 11 is 0. The van der Waals surface area contributed by atoms with Crippen LogP contribution in [-0.4, -0.2) is 23.0 Å². The van der Waals surface area contributed by atoms with Gasteiger partial charge in [0.25, 0.3) is 0 Å². The van der Waals surface area contributed by atoms with Crippen LogP contribution in [0.2, 0.25) is 0 Å². The second-order valence-corrected chi connectivity index (χ2v) is 3.53. The summed E-state index contributed by atoms with van der Waals surface area (Å²) in [5.74, 6) is 0.337. The van der Waals surface area contributed by atoms with Crippen molar-refractivity contribution in [3.8, 4) is 0 Å². The van der Waals surface area contributed by atoms with Gasteiger partial charge in [-0.3, -0.25) is 0 Å². The highest BCUT2D eigenvalue weighted by molar-refractivity contribution is 6.32. The molecule has 0 saturated carbocycles. The van der Waals surface area contributed by atoms with Gasteiger partial charge >= 0.3 is 7.32 Å². The van der Waals surface area contributed by atoms with Crippen LogP contribution in [0.5, 0.6) is 0 Å². The van der Waals surface area contributed by atoms with Crippen molar-refractivity contribution >= 4 is 7.32 Å². The van der Waals surface area contributed by atoms with E-state index in [1.807, 2.05) is 13.8 Å². The maximum Gasteiger partial charge on any atom is 0.634 e. The predicted molar refractivity (Wildman–Crippen MR) is 54.0 cm³/mol. The van der Waals surface area contributed by atoms with Gasteiger partial charge in [0, 0.05) is 0 Å². The van der Waals surface area contributed by atoms with E-state index in [2.05, 4.69) is 13.8 Å². The Bertz CT molecular complexity index is 135. The normalized spacial score (nSPS) is 14.3. The Morgan fingerprint density at radius 1 is 1.23 bits per heavy atom. The van der Waals surface area contributed by atoms with Crippen LogP contribution in [0.4, 0.5) is 0 Å². The summed E-state index contributed by atoms with van der Waals surface area (Å²) < 4.78 is 5.20. The molecule has 0 aliphatic rings. The highest BCUT2D eigenvalue weighted by Crippen LogP contribution is 2.31. The van der Waals surface area contributed by atoms with Crippen molar-refractivity contribution < 1.29 is 14.7 Å². The Kier molecular flexibility index (Phi) is 5.60. The number of hydrogen-bond acceptors (Lipinski definition) is 3. The average molecular weight is 188 g/mol. The van der Waals surface area contributed by atoms with Crippen LogP contribution in [-0.2, 0) is 4.65 Å². The van der Waals surface area contributed by atoms with E-state index in [1.165, 1.54) is 0 Å². The van der Waals surface area contributed by atoms with Crippen LogP contribution < -0.4 is 0 Å². The minimum Gasteiger partial charge on any atom is -0.402 e. The average Bonchev–Trinajstić information content (AvgIpc) is 2.12. The second-order valence-electron chi connectivity index (χ2n) is 3.53. The van der Waals surface area contributed by atoms with Crippen molar-refractivity contribution in [1.29, 1.82) is 0 Å². The van der Waals surface area contributed by atoms with Gasteiger partial charge in [0.1, 0.15) is 0 Å². The van der Waals surface area contributed by atoms with E-state index < -0.39 is 7.32 Å². The van der Waals surface area contributed by atoms with Crippen molar-refractivity contribution in [2.24, 2.45) is 5.92 Å². The van der Waals surface area contributed by atoms with Crippen molar-refractivity contribution in [2.45, 2.75) is 52.6 Å². The summed E-state index contributed by atoms with van der Waals surface area (Å²) in [7, 11) is -1.66. The highest BCUT2D eigenvalue weighted by atomic mass is 16.6. The SMILES string of the molecule is CCC(C)C(CC)(CC)OB(O)O. The Morgan fingerprint density at radius 2 is 1.69 bits per heavy atom. The zero-order valence-electron chi connectivity index (χ0n) is 9.08. The molecule has 0 aliphatic heterocycles. The van der Waals surface area contributed by atoms with Gasteiger partial charge in [0.05, 0.1) is 5.60 Å². The molecular weight excluding hydrogens is 167 g/mol. The Hall–Kier alpha value is -0.0551. The summed E-state index contributed by atoms with van der Waals surface area (Å²) in [6.07, 6.45) is 2.58. The van der Waals surface area contributed by atoms with E-state index in [0.29, 0.717) is 5.92 Å². The van der Waals surface area contributed by atoms with Crippen LogP contribution in [0.1, 0.15) is 47.0 Å². The molecule has 0 amide bonds. The molecule has 0 radical (unpaired) electrons. The maximum atomic E-state index is 8.83. The lowest BCUT2D eigenvalue weighted by Crippen LogP contribution is -2.43. The van der Waals surface area contributed by atoms with Crippen molar-refractivity contribution in [3.63, 3.8) is 0 Å². The topological polar surface area (TPSA) is 49.7 Å². The largest absolute Gasteiger partial charge is 0.634 e. The molecule has 0 aromatic carbocycles. The summed E-state index contributed by atoms with van der Waals surface area (Å²) in [6, 6.07) is 0. The molecule has 13 heavy (non-hydrogen) atoms. The quantitative estimate of drug-likeness (QED) is 0.622. The molecule has 4 heteroatoms. The third-order valence-electron chi connectivity index (χ3n) is 3.05. The highest BCUT2D eigenvalue weighted by Gasteiger charge is 2.36. The van der Waals surface area contributed by atoms with Gasteiger partial charge in [-0.25, -0.2) is 0 Å². The molecule has 0 aromatic rings. The van der Waals surface area contributed by atoms with Crippen molar-refractivity contribution in [1.82, 2.24) is 0 Å². The van der Waals surface area contributed by atoms with E-state index in [0.717, 1.165) is 19.3 Å². The first kappa shape index (κ1) is 12.9. The first-order valence-corrected chi connectivity index (χ1v) is 5.06. The molecule has 0 spiro atoms. The monoisotopic (exact) mass is 188 g/mol. The van der Waals surface area contributed by atoms with Crippen LogP contribution in [0, 0.1) is 5.92 Å². The molecule has 78 valence electrons. The zero-order chi connectivity index (χ0) is 10.5.